The van der Waals surface area contributed by atoms with Crippen molar-refractivity contribution in [2.75, 3.05) is 0 Å². The summed E-state index contributed by atoms with van der Waals surface area (Å²) in [7, 11) is 0. The van der Waals surface area contributed by atoms with Gasteiger partial charge in [-0.1, -0.05) is 30.3 Å². The van der Waals surface area contributed by atoms with E-state index in [-0.39, 0.29) is 11.9 Å². The van der Waals surface area contributed by atoms with Crippen LogP contribution in [0, 0.1) is 19.8 Å². The molecule has 20 heavy (non-hydrogen) atoms. The smallest absolute Gasteiger partial charge is 0.314 e. The van der Waals surface area contributed by atoms with E-state index in [1.54, 1.807) is 0 Å². The molecule has 2 heterocycles. The largest absolute Gasteiger partial charge is 0.451 e. The van der Waals surface area contributed by atoms with Gasteiger partial charge in [0.05, 0.1) is 12.2 Å². The molecule has 0 bridgehead atoms. The minimum Gasteiger partial charge on any atom is -0.451 e. The van der Waals surface area contributed by atoms with E-state index in [9.17, 15) is 4.79 Å². The molecule has 104 valence electrons. The summed E-state index contributed by atoms with van der Waals surface area (Å²) in [6.07, 6.45) is 0. The number of aromatic nitrogens is 2. The highest BCUT2D eigenvalue weighted by Crippen LogP contribution is 2.44. The first-order valence-electron chi connectivity index (χ1n) is 6.82. The number of benzene rings is 1. The molecular weight excluding hydrogens is 252 g/mol. The topological polar surface area (TPSA) is 44.1 Å². The van der Waals surface area contributed by atoms with Crippen molar-refractivity contribution in [1.82, 2.24) is 9.78 Å². The summed E-state index contributed by atoms with van der Waals surface area (Å²) in [5.74, 6) is -0.302. The molecule has 1 aromatic heterocycles. The Morgan fingerprint density at radius 2 is 2.00 bits per heavy atom. The van der Waals surface area contributed by atoms with Gasteiger partial charge < -0.3 is 4.74 Å². The van der Waals surface area contributed by atoms with Gasteiger partial charge in [-0.15, -0.1) is 0 Å². The fourth-order valence-corrected chi connectivity index (χ4v) is 2.84. The van der Waals surface area contributed by atoms with Crippen molar-refractivity contribution in [2.45, 2.75) is 32.9 Å². The fourth-order valence-electron chi connectivity index (χ4n) is 2.84. The van der Waals surface area contributed by atoms with Gasteiger partial charge in [-0.25, -0.2) is 0 Å². The number of aryl methyl sites for hydroxylation is 2. The summed E-state index contributed by atoms with van der Waals surface area (Å²) in [5, 5.41) is 4.49. The Hall–Kier alpha value is -2.10. The molecule has 1 aliphatic heterocycles. The second kappa shape index (κ2) is 4.47. The third-order valence-corrected chi connectivity index (χ3v) is 4.09. The predicted molar refractivity (Wildman–Crippen MR) is 75.1 cm³/mol. The maximum Gasteiger partial charge on any atom is 0.314 e. The van der Waals surface area contributed by atoms with Crippen LogP contribution in [0.5, 0.6) is 0 Å². The Bertz CT molecular complexity index is 648. The van der Waals surface area contributed by atoms with Crippen LogP contribution < -0.4 is 0 Å². The average molecular weight is 270 g/mol. The Labute approximate surface area is 118 Å². The van der Waals surface area contributed by atoms with E-state index < -0.39 is 5.60 Å². The average Bonchev–Trinajstić information content (AvgIpc) is 2.76. The molecule has 4 nitrogen and oxygen atoms in total. The van der Waals surface area contributed by atoms with Crippen LogP contribution in [0.2, 0.25) is 0 Å². The van der Waals surface area contributed by atoms with Crippen LogP contribution in [-0.4, -0.2) is 15.7 Å². The second-order valence-corrected chi connectivity index (χ2v) is 5.48. The molecule has 0 saturated carbocycles. The zero-order chi connectivity index (χ0) is 14.3. The number of ether oxygens (including phenoxy) is 1. The first-order chi connectivity index (χ1) is 9.53. The minimum atomic E-state index is -0.596. The number of nitrogens with zero attached hydrogens (tertiary/aromatic N) is 2. The molecule has 2 atom stereocenters. The zero-order valence-electron chi connectivity index (χ0n) is 12.0. The Balaban J connectivity index is 2.00. The monoisotopic (exact) mass is 270 g/mol. The van der Waals surface area contributed by atoms with E-state index in [0.29, 0.717) is 6.54 Å². The maximum atomic E-state index is 11.6. The standard InChI is InChI=1S/C16H18N2O2/c1-11-9-12(2)18(17-11)10-16(13(3)15(19)20-16)14-7-5-4-6-8-14/h4-9,13H,10H2,1-3H3/t13-,16+/m1/s1. The van der Waals surface area contributed by atoms with Gasteiger partial charge in [0.1, 0.15) is 5.92 Å². The fraction of sp³-hybridized carbons (Fsp3) is 0.375. The van der Waals surface area contributed by atoms with Crippen LogP contribution in [0.3, 0.4) is 0 Å². The van der Waals surface area contributed by atoms with Gasteiger partial charge in [-0.3, -0.25) is 9.48 Å². The Morgan fingerprint density at radius 1 is 1.30 bits per heavy atom. The molecule has 4 heteroatoms. The van der Waals surface area contributed by atoms with E-state index >= 15 is 0 Å². The molecule has 2 aromatic rings. The lowest BCUT2D eigenvalue weighted by molar-refractivity contribution is -0.218. The lowest BCUT2D eigenvalue weighted by Gasteiger charge is -2.46. The van der Waals surface area contributed by atoms with Crippen LogP contribution in [0.4, 0.5) is 0 Å². The maximum absolute atomic E-state index is 11.6. The van der Waals surface area contributed by atoms with Gasteiger partial charge in [0, 0.05) is 5.69 Å². The number of hydrogen-bond donors (Lipinski definition) is 0. The molecule has 1 fully saturated rings. The van der Waals surface area contributed by atoms with Crippen molar-refractivity contribution < 1.29 is 9.53 Å². The van der Waals surface area contributed by atoms with Crippen molar-refractivity contribution in [3.8, 4) is 0 Å². The molecule has 1 saturated heterocycles. The summed E-state index contributed by atoms with van der Waals surface area (Å²) in [5.41, 5.74) is 2.48. The van der Waals surface area contributed by atoms with Crippen molar-refractivity contribution in [3.05, 3.63) is 53.3 Å². The highest BCUT2D eigenvalue weighted by Gasteiger charge is 2.55. The molecule has 0 aliphatic carbocycles. The quantitative estimate of drug-likeness (QED) is 0.805. The lowest BCUT2D eigenvalue weighted by Crippen LogP contribution is -2.56. The highest BCUT2D eigenvalue weighted by atomic mass is 16.6. The summed E-state index contributed by atoms with van der Waals surface area (Å²) in [6.45, 7) is 6.47. The highest BCUT2D eigenvalue weighted by molar-refractivity contribution is 5.80. The van der Waals surface area contributed by atoms with Gasteiger partial charge in [0.15, 0.2) is 5.60 Å². The molecule has 0 amide bonds. The van der Waals surface area contributed by atoms with Crippen molar-refractivity contribution in [1.29, 1.82) is 0 Å². The van der Waals surface area contributed by atoms with Gasteiger partial charge in [0.25, 0.3) is 0 Å². The third kappa shape index (κ3) is 1.83. The summed E-state index contributed by atoms with van der Waals surface area (Å²) in [6, 6.07) is 12.0. The molecule has 0 N–H and O–H groups in total. The summed E-state index contributed by atoms with van der Waals surface area (Å²) < 4.78 is 7.52. The van der Waals surface area contributed by atoms with Gasteiger partial charge >= 0.3 is 5.97 Å². The van der Waals surface area contributed by atoms with Gasteiger partial charge in [0.2, 0.25) is 0 Å². The van der Waals surface area contributed by atoms with Crippen LogP contribution in [0.25, 0.3) is 0 Å². The first kappa shape index (κ1) is 12.9. The van der Waals surface area contributed by atoms with E-state index in [0.717, 1.165) is 17.0 Å². The molecule has 0 unspecified atom stereocenters. The van der Waals surface area contributed by atoms with E-state index in [2.05, 4.69) is 5.10 Å². The van der Waals surface area contributed by atoms with E-state index in [1.165, 1.54) is 0 Å². The number of rotatable bonds is 3. The van der Waals surface area contributed by atoms with E-state index in [1.807, 2.05) is 61.9 Å². The number of carbonyl (C=O) groups excluding carboxylic acids is 1. The zero-order valence-corrected chi connectivity index (χ0v) is 12.0. The van der Waals surface area contributed by atoms with Gasteiger partial charge in [-0.2, -0.15) is 5.10 Å². The van der Waals surface area contributed by atoms with Crippen molar-refractivity contribution >= 4 is 5.97 Å². The predicted octanol–water partition coefficient (Wildman–Crippen LogP) is 2.59. The Kier molecular flexibility index (Phi) is 2.89. The van der Waals surface area contributed by atoms with Crippen LogP contribution in [0.1, 0.15) is 23.9 Å². The molecule has 1 aliphatic rings. The number of hydrogen-bond acceptors (Lipinski definition) is 3. The minimum absolute atomic E-state index is 0.143. The van der Waals surface area contributed by atoms with Crippen LogP contribution >= 0.6 is 0 Å². The number of carbonyl (C=O) groups is 1. The Morgan fingerprint density at radius 3 is 2.50 bits per heavy atom. The molecule has 0 spiro atoms. The van der Waals surface area contributed by atoms with Gasteiger partial charge in [-0.05, 0) is 32.4 Å². The number of esters is 1. The summed E-state index contributed by atoms with van der Waals surface area (Å²) in [4.78, 5) is 11.6. The van der Waals surface area contributed by atoms with Crippen molar-refractivity contribution in [2.24, 2.45) is 5.92 Å². The van der Waals surface area contributed by atoms with Crippen LogP contribution in [-0.2, 0) is 21.7 Å². The SMILES string of the molecule is Cc1cc(C)n(C[C@]2(c3ccccc3)OC(=O)[C@H]2C)n1. The molecular formula is C16H18N2O2. The molecule has 0 radical (unpaired) electrons. The van der Waals surface area contributed by atoms with Crippen LogP contribution in [0.15, 0.2) is 36.4 Å². The number of cyclic esters (lactones) is 1. The first-order valence-corrected chi connectivity index (χ1v) is 6.82. The molecule has 3 rings (SSSR count). The van der Waals surface area contributed by atoms with Crippen molar-refractivity contribution in [3.63, 3.8) is 0 Å². The lowest BCUT2D eigenvalue weighted by atomic mass is 9.77. The third-order valence-electron chi connectivity index (χ3n) is 4.09. The summed E-state index contributed by atoms with van der Waals surface area (Å²) >= 11 is 0. The second-order valence-electron chi connectivity index (χ2n) is 5.48. The normalized spacial score (nSPS) is 25.1. The molecule has 1 aromatic carbocycles. The van der Waals surface area contributed by atoms with E-state index in [4.69, 9.17) is 4.74 Å².